The largest absolute Gasteiger partial charge is 0.352 e. The van der Waals surface area contributed by atoms with Crippen molar-refractivity contribution in [1.29, 1.82) is 0 Å². The molecule has 1 aliphatic rings. The lowest BCUT2D eigenvalue weighted by atomic mass is 10.1. The summed E-state index contributed by atoms with van der Waals surface area (Å²) < 4.78 is 28.0. The van der Waals surface area contributed by atoms with Crippen molar-refractivity contribution in [2.75, 3.05) is 5.32 Å². The molecule has 1 heterocycles. The van der Waals surface area contributed by atoms with Crippen molar-refractivity contribution in [2.45, 2.75) is 25.4 Å². The Morgan fingerprint density at radius 3 is 2.73 bits per heavy atom. The Morgan fingerprint density at radius 2 is 1.97 bits per heavy atom. The van der Waals surface area contributed by atoms with Gasteiger partial charge in [-0.3, -0.25) is 14.3 Å². The fourth-order valence-corrected chi connectivity index (χ4v) is 3.42. The molecule has 30 heavy (non-hydrogen) atoms. The zero-order valence-corrected chi connectivity index (χ0v) is 16.0. The molecule has 2 atom stereocenters. The number of nitrogens with one attached hydrogen (secondary N) is 2. The van der Waals surface area contributed by atoms with Crippen LogP contribution in [-0.4, -0.2) is 21.6 Å². The van der Waals surface area contributed by atoms with Gasteiger partial charge in [0.05, 0.1) is 0 Å². The van der Waals surface area contributed by atoms with Crippen LogP contribution < -0.4 is 10.6 Å². The Kier molecular flexibility index (Phi) is 5.56. The number of hydrogen-bond acceptors (Lipinski definition) is 3. The Bertz CT molecular complexity index is 1070. The normalized spacial score (nSPS) is 17.4. The van der Waals surface area contributed by atoms with Crippen molar-refractivity contribution in [1.82, 2.24) is 15.1 Å². The van der Waals surface area contributed by atoms with E-state index in [9.17, 15) is 18.4 Å². The van der Waals surface area contributed by atoms with Gasteiger partial charge >= 0.3 is 0 Å². The van der Waals surface area contributed by atoms with E-state index in [4.69, 9.17) is 0 Å². The first-order valence-electron chi connectivity index (χ1n) is 9.58. The fraction of sp³-hybridized carbons (Fsp3) is 0.227. The van der Waals surface area contributed by atoms with Crippen molar-refractivity contribution in [2.24, 2.45) is 5.92 Å². The van der Waals surface area contributed by atoms with Gasteiger partial charge in [-0.15, -0.1) is 0 Å². The number of carbonyl (C=O) groups excluding carboxylic acids is 2. The van der Waals surface area contributed by atoms with Crippen molar-refractivity contribution in [3.05, 3.63) is 83.7 Å². The highest BCUT2D eigenvalue weighted by Crippen LogP contribution is 2.47. The van der Waals surface area contributed by atoms with Crippen LogP contribution in [0.3, 0.4) is 0 Å². The van der Waals surface area contributed by atoms with Crippen LogP contribution in [0.2, 0.25) is 0 Å². The fourth-order valence-electron chi connectivity index (χ4n) is 3.42. The van der Waals surface area contributed by atoms with Gasteiger partial charge in [0.25, 0.3) is 0 Å². The van der Waals surface area contributed by atoms with E-state index in [1.807, 2.05) is 6.07 Å². The molecule has 0 saturated heterocycles. The summed E-state index contributed by atoms with van der Waals surface area (Å²) in [7, 11) is 0. The monoisotopic (exact) mass is 410 g/mol. The summed E-state index contributed by atoms with van der Waals surface area (Å²) in [5, 5.41) is 9.67. The summed E-state index contributed by atoms with van der Waals surface area (Å²) in [5.74, 6) is -2.45. The number of anilines is 1. The summed E-state index contributed by atoms with van der Waals surface area (Å²) in [5.41, 5.74) is 2.10. The topological polar surface area (TPSA) is 76.0 Å². The first-order valence-corrected chi connectivity index (χ1v) is 9.58. The molecule has 1 aliphatic carbocycles. The molecule has 2 amide bonds. The van der Waals surface area contributed by atoms with Gasteiger partial charge in [0, 0.05) is 30.5 Å². The molecule has 0 radical (unpaired) electrons. The number of benzene rings is 2. The van der Waals surface area contributed by atoms with E-state index in [-0.39, 0.29) is 30.2 Å². The third kappa shape index (κ3) is 4.71. The molecule has 1 saturated carbocycles. The molecule has 154 valence electrons. The lowest BCUT2D eigenvalue weighted by molar-refractivity contribution is -0.122. The highest BCUT2D eigenvalue weighted by molar-refractivity contribution is 5.90. The number of aromatic nitrogens is 2. The molecule has 3 aromatic rings. The standard InChI is InChI=1S/C22H20F2N4O2/c23-19-6-5-15(10-20(19)24)17-11-18(17)22(30)25-12-14-3-1-4-16(9-14)27-21(29)13-28-8-2-7-26-28/h1-10,17-18H,11-13H2,(H,25,30)(H,27,29). The number of hydrogen-bond donors (Lipinski definition) is 2. The van der Waals surface area contributed by atoms with Gasteiger partial charge < -0.3 is 10.6 Å². The molecular formula is C22H20F2N4O2. The van der Waals surface area contributed by atoms with Gasteiger partial charge in [-0.05, 0) is 53.8 Å². The Labute approximate surface area is 171 Å². The van der Waals surface area contributed by atoms with E-state index in [1.165, 1.54) is 10.7 Å². The van der Waals surface area contributed by atoms with Crippen molar-refractivity contribution in [3.8, 4) is 0 Å². The lowest BCUT2D eigenvalue weighted by Crippen LogP contribution is -2.25. The smallest absolute Gasteiger partial charge is 0.246 e. The van der Waals surface area contributed by atoms with E-state index in [0.717, 1.165) is 17.7 Å². The zero-order chi connectivity index (χ0) is 21.1. The van der Waals surface area contributed by atoms with Crippen LogP contribution in [0.25, 0.3) is 0 Å². The summed E-state index contributed by atoms with van der Waals surface area (Å²) in [4.78, 5) is 24.5. The minimum Gasteiger partial charge on any atom is -0.352 e. The minimum atomic E-state index is -0.898. The highest BCUT2D eigenvalue weighted by Gasteiger charge is 2.44. The minimum absolute atomic E-state index is 0.0898. The molecule has 0 spiro atoms. The number of nitrogens with zero attached hydrogens (tertiary/aromatic N) is 2. The third-order valence-corrected chi connectivity index (χ3v) is 5.04. The van der Waals surface area contributed by atoms with Gasteiger partial charge in [0.2, 0.25) is 11.8 Å². The summed E-state index contributed by atoms with van der Waals surface area (Å²) >= 11 is 0. The maximum atomic E-state index is 13.4. The second-order valence-electron chi connectivity index (χ2n) is 7.29. The molecule has 2 N–H and O–H groups in total. The molecule has 8 heteroatoms. The van der Waals surface area contributed by atoms with E-state index < -0.39 is 11.6 Å². The number of halogens is 2. The van der Waals surface area contributed by atoms with Gasteiger partial charge in [-0.1, -0.05) is 18.2 Å². The molecule has 2 aromatic carbocycles. The average Bonchev–Trinajstić information content (AvgIpc) is 3.37. The van der Waals surface area contributed by atoms with Crippen molar-refractivity contribution in [3.63, 3.8) is 0 Å². The Hall–Kier alpha value is -3.55. The SMILES string of the molecule is O=C(Cn1cccn1)Nc1cccc(CNC(=O)C2CC2c2ccc(F)c(F)c2)c1. The van der Waals surface area contributed by atoms with Crippen LogP contribution in [-0.2, 0) is 22.7 Å². The van der Waals surface area contributed by atoms with Crippen LogP contribution in [0.15, 0.2) is 60.9 Å². The van der Waals surface area contributed by atoms with Crippen molar-refractivity contribution < 1.29 is 18.4 Å². The maximum Gasteiger partial charge on any atom is 0.246 e. The molecule has 6 nitrogen and oxygen atoms in total. The molecule has 1 fully saturated rings. The summed E-state index contributed by atoms with van der Waals surface area (Å²) in [6, 6.07) is 12.7. The summed E-state index contributed by atoms with van der Waals surface area (Å²) in [6.45, 7) is 0.420. The van der Waals surface area contributed by atoms with Gasteiger partial charge in [-0.25, -0.2) is 8.78 Å². The molecular weight excluding hydrogens is 390 g/mol. The number of rotatable bonds is 7. The van der Waals surface area contributed by atoms with Crippen LogP contribution >= 0.6 is 0 Å². The van der Waals surface area contributed by atoms with E-state index in [1.54, 1.807) is 36.7 Å². The average molecular weight is 410 g/mol. The third-order valence-electron chi connectivity index (χ3n) is 5.04. The maximum absolute atomic E-state index is 13.4. The van der Waals surface area contributed by atoms with E-state index >= 15 is 0 Å². The molecule has 1 aromatic heterocycles. The van der Waals surface area contributed by atoms with Crippen LogP contribution in [0.1, 0.15) is 23.5 Å². The van der Waals surface area contributed by atoms with Crippen LogP contribution in [0.4, 0.5) is 14.5 Å². The second kappa shape index (κ2) is 8.44. The first kappa shape index (κ1) is 19.8. The van der Waals surface area contributed by atoms with Gasteiger partial charge in [0.15, 0.2) is 11.6 Å². The zero-order valence-electron chi connectivity index (χ0n) is 16.0. The number of amides is 2. The lowest BCUT2D eigenvalue weighted by Gasteiger charge is -2.09. The van der Waals surface area contributed by atoms with Crippen LogP contribution in [0.5, 0.6) is 0 Å². The van der Waals surface area contributed by atoms with Crippen molar-refractivity contribution >= 4 is 17.5 Å². The van der Waals surface area contributed by atoms with E-state index in [0.29, 0.717) is 24.2 Å². The number of carbonyl (C=O) groups is 2. The van der Waals surface area contributed by atoms with E-state index in [2.05, 4.69) is 15.7 Å². The molecule has 0 bridgehead atoms. The Morgan fingerprint density at radius 1 is 1.10 bits per heavy atom. The summed E-state index contributed by atoms with van der Waals surface area (Å²) in [6.07, 6.45) is 3.92. The van der Waals surface area contributed by atoms with Gasteiger partial charge in [0.1, 0.15) is 6.54 Å². The second-order valence-corrected chi connectivity index (χ2v) is 7.29. The van der Waals surface area contributed by atoms with Gasteiger partial charge in [-0.2, -0.15) is 5.10 Å². The molecule has 2 unspecified atom stereocenters. The van der Waals surface area contributed by atoms with Crippen LogP contribution in [0, 0.1) is 17.6 Å². The highest BCUT2D eigenvalue weighted by atomic mass is 19.2. The Balaban J connectivity index is 1.29. The first-order chi connectivity index (χ1) is 14.5. The quantitative estimate of drug-likeness (QED) is 0.628. The predicted molar refractivity (Wildman–Crippen MR) is 106 cm³/mol. The molecule has 4 rings (SSSR count). The predicted octanol–water partition coefficient (Wildman–Crippen LogP) is 3.22. The molecule has 0 aliphatic heterocycles.